The number of hydrogen-bond acceptors (Lipinski definition) is 8. The van der Waals surface area contributed by atoms with Crippen LogP contribution in [0.5, 0.6) is 0 Å². The fourth-order valence-corrected chi connectivity index (χ4v) is 8.92. The summed E-state index contributed by atoms with van der Waals surface area (Å²) < 4.78 is 35.4. The lowest BCUT2D eigenvalue weighted by atomic mass is 9.46. The van der Waals surface area contributed by atoms with Crippen molar-refractivity contribution in [2.75, 3.05) is 12.4 Å². The second-order valence-corrected chi connectivity index (χ2v) is 13.6. The fourth-order valence-electron chi connectivity index (χ4n) is 8.10. The van der Waals surface area contributed by atoms with Gasteiger partial charge in [-0.05, 0) is 55.1 Å². The summed E-state index contributed by atoms with van der Waals surface area (Å²) in [6.45, 7) is 3.12. The molecule has 198 valence electrons. The van der Waals surface area contributed by atoms with Crippen LogP contribution in [0.4, 0.5) is 0 Å². The van der Waals surface area contributed by atoms with Gasteiger partial charge in [0.2, 0.25) is 5.78 Å². The Bertz CT molecular complexity index is 1210. The SMILES string of the molecule is C[C@@]12C(=CC(=O)[C@@H]3C[C@@H]31)C(Cl)=C[C@@H]1[C@@H]2[C@@H](O)C[C@@]2(C)[C@H]1CC[C@]2(O)C(=O)COC(=O)CCS(=O)(=O)O. The molecule has 3 saturated carbocycles. The largest absolute Gasteiger partial charge is 0.458 e. The quantitative estimate of drug-likeness (QED) is 0.336. The van der Waals surface area contributed by atoms with Gasteiger partial charge >= 0.3 is 5.97 Å². The van der Waals surface area contributed by atoms with Gasteiger partial charge in [-0.1, -0.05) is 31.5 Å². The Balaban J connectivity index is 1.39. The highest BCUT2D eigenvalue weighted by atomic mass is 35.5. The van der Waals surface area contributed by atoms with Crippen molar-refractivity contribution in [2.24, 2.45) is 40.4 Å². The summed E-state index contributed by atoms with van der Waals surface area (Å²) in [6.07, 6.45) is 3.61. The van der Waals surface area contributed by atoms with E-state index in [0.29, 0.717) is 11.5 Å². The number of aliphatic hydroxyl groups is 2. The molecule has 36 heavy (non-hydrogen) atoms. The van der Waals surface area contributed by atoms with Crippen LogP contribution in [-0.2, 0) is 29.2 Å². The van der Waals surface area contributed by atoms with Gasteiger partial charge in [-0.3, -0.25) is 18.9 Å². The highest BCUT2D eigenvalue weighted by Crippen LogP contribution is 2.72. The fraction of sp³-hybridized carbons (Fsp3) is 0.720. The van der Waals surface area contributed by atoms with Gasteiger partial charge in [0.15, 0.2) is 12.4 Å². The Labute approximate surface area is 214 Å². The van der Waals surface area contributed by atoms with Crippen LogP contribution in [0, 0.1) is 40.4 Å². The molecule has 0 bridgehead atoms. The van der Waals surface area contributed by atoms with Crippen molar-refractivity contribution >= 4 is 39.3 Å². The molecule has 0 saturated heterocycles. The molecule has 0 unspecified atom stereocenters. The van der Waals surface area contributed by atoms with Crippen LogP contribution in [-0.4, -0.2) is 64.8 Å². The zero-order valence-electron chi connectivity index (χ0n) is 20.1. The zero-order valence-corrected chi connectivity index (χ0v) is 21.7. The van der Waals surface area contributed by atoms with Crippen molar-refractivity contribution in [1.82, 2.24) is 0 Å². The Morgan fingerprint density at radius 2 is 1.94 bits per heavy atom. The molecule has 5 aliphatic rings. The number of rotatable bonds is 6. The average Bonchev–Trinajstić information content (AvgIpc) is 3.54. The average molecular weight is 543 g/mol. The number of ether oxygens (including phenoxy) is 1. The number of esters is 1. The minimum atomic E-state index is -4.35. The lowest BCUT2D eigenvalue weighted by Crippen LogP contribution is -2.62. The van der Waals surface area contributed by atoms with Crippen LogP contribution in [0.2, 0.25) is 0 Å². The number of carbonyl (C=O) groups excluding carboxylic acids is 3. The van der Waals surface area contributed by atoms with E-state index in [1.807, 2.05) is 6.08 Å². The first-order chi connectivity index (χ1) is 16.6. The van der Waals surface area contributed by atoms with Crippen molar-refractivity contribution in [3.8, 4) is 0 Å². The summed E-state index contributed by atoms with van der Waals surface area (Å²) in [6, 6.07) is 0. The maximum Gasteiger partial charge on any atom is 0.307 e. The van der Waals surface area contributed by atoms with Gasteiger partial charge in [-0.15, -0.1) is 0 Å². The lowest BCUT2D eigenvalue weighted by Gasteiger charge is -2.59. The molecule has 0 radical (unpaired) electrons. The molecule has 0 aromatic rings. The molecule has 0 aromatic heterocycles. The molecule has 11 heteroatoms. The van der Waals surface area contributed by atoms with Gasteiger partial charge in [0.1, 0.15) is 5.60 Å². The highest BCUT2D eigenvalue weighted by molar-refractivity contribution is 7.85. The Morgan fingerprint density at radius 1 is 1.25 bits per heavy atom. The molecule has 9 nitrogen and oxygen atoms in total. The van der Waals surface area contributed by atoms with E-state index < -0.39 is 63.2 Å². The molecule has 5 aliphatic carbocycles. The maximum absolute atomic E-state index is 13.2. The first-order valence-electron chi connectivity index (χ1n) is 12.3. The summed E-state index contributed by atoms with van der Waals surface area (Å²) >= 11 is 6.72. The molecule has 0 aromatic carbocycles. The predicted octanol–water partition coefficient (Wildman–Crippen LogP) is 1.81. The first-order valence-corrected chi connectivity index (χ1v) is 14.3. The molecule has 9 atom stereocenters. The molecule has 0 spiro atoms. The van der Waals surface area contributed by atoms with Crippen LogP contribution >= 0.6 is 11.6 Å². The van der Waals surface area contributed by atoms with E-state index in [0.717, 1.165) is 12.0 Å². The van der Waals surface area contributed by atoms with E-state index in [9.17, 15) is 33.0 Å². The zero-order chi connectivity index (χ0) is 26.4. The highest BCUT2D eigenvalue weighted by Gasteiger charge is 2.71. The standard InChI is InChI=1S/C25H31ClO9S/c1-23-10-19(28)22-13(8-17(26)16-9-18(27)12-7-15(12)24(16,22)2)14(23)3-5-25(23,31)20(29)11-35-21(30)4-6-36(32,33)34/h8-9,12-15,19,22,28,31H,3-7,10-11H2,1-2H3,(H,32,33,34)/t12-,13+,14+,15+,19+,22-,23+,24+,25+/m1/s1. The number of aliphatic hydroxyl groups excluding tert-OH is 1. The summed E-state index contributed by atoms with van der Waals surface area (Å²) in [5, 5.41) is 23.7. The number of fused-ring (bicyclic) bond motifs is 7. The topological polar surface area (TPSA) is 155 Å². The first kappa shape index (κ1) is 26.0. The Hall–Kier alpha value is -1.59. The third-order valence-electron chi connectivity index (χ3n) is 9.98. The van der Waals surface area contributed by atoms with Gasteiger partial charge in [-0.2, -0.15) is 8.42 Å². The van der Waals surface area contributed by atoms with Crippen LogP contribution in [0.15, 0.2) is 22.8 Å². The van der Waals surface area contributed by atoms with Gasteiger partial charge in [-0.25, -0.2) is 0 Å². The minimum absolute atomic E-state index is 0.0416. The second kappa shape index (κ2) is 8.20. The molecule has 0 amide bonds. The Morgan fingerprint density at radius 3 is 2.61 bits per heavy atom. The monoisotopic (exact) mass is 542 g/mol. The third-order valence-corrected chi connectivity index (χ3v) is 11.0. The molecule has 3 N–H and O–H groups in total. The van der Waals surface area contributed by atoms with Crippen LogP contribution in [0.1, 0.15) is 46.0 Å². The number of carbonyl (C=O) groups is 3. The number of ketones is 2. The van der Waals surface area contributed by atoms with E-state index in [2.05, 4.69) is 6.92 Å². The molecule has 5 rings (SSSR count). The number of Topliss-reactive ketones (excluding diaryl/α,β-unsaturated/α-hetero) is 1. The molecule has 0 heterocycles. The van der Waals surface area contributed by atoms with E-state index in [4.69, 9.17) is 20.9 Å². The second-order valence-electron chi connectivity index (χ2n) is 11.6. The van der Waals surface area contributed by atoms with Gasteiger partial charge in [0.25, 0.3) is 10.1 Å². The van der Waals surface area contributed by atoms with Crippen LogP contribution in [0.25, 0.3) is 0 Å². The smallest absolute Gasteiger partial charge is 0.307 e. The summed E-state index contributed by atoms with van der Waals surface area (Å²) in [7, 11) is -4.35. The predicted molar refractivity (Wildman–Crippen MR) is 127 cm³/mol. The van der Waals surface area contributed by atoms with Crippen molar-refractivity contribution in [1.29, 1.82) is 0 Å². The number of allylic oxidation sites excluding steroid dienone is 4. The normalized spacial score (nSPS) is 44.9. The summed E-state index contributed by atoms with van der Waals surface area (Å²) in [5.41, 5.74) is -2.56. The van der Waals surface area contributed by atoms with E-state index in [1.54, 1.807) is 13.0 Å². The van der Waals surface area contributed by atoms with E-state index in [1.165, 1.54) is 0 Å². The van der Waals surface area contributed by atoms with Crippen molar-refractivity contribution in [2.45, 2.75) is 57.7 Å². The van der Waals surface area contributed by atoms with Gasteiger partial charge < -0.3 is 14.9 Å². The molecule has 3 fully saturated rings. The number of hydrogen-bond donors (Lipinski definition) is 3. The molecular weight excluding hydrogens is 512 g/mol. The van der Waals surface area contributed by atoms with Gasteiger partial charge in [0, 0.05) is 27.7 Å². The van der Waals surface area contributed by atoms with Crippen LogP contribution < -0.4 is 0 Å². The Kier molecular flexibility index (Phi) is 5.93. The van der Waals surface area contributed by atoms with E-state index >= 15 is 0 Å². The molecular formula is C25H31ClO9S. The van der Waals surface area contributed by atoms with Crippen LogP contribution in [0.3, 0.4) is 0 Å². The molecule has 0 aliphatic heterocycles. The van der Waals surface area contributed by atoms with Crippen molar-refractivity contribution < 1.29 is 42.3 Å². The summed E-state index contributed by atoms with van der Waals surface area (Å²) in [5.74, 6) is -2.94. The van der Waals surface area contributed by atoms with Crippen molar-refractivity contribution in [3.05, 3.63) is 22.8 Å². The van der Waals surface area contributed by atoms with Crippen molar-refractivity contribution in [3.63, 3.8) is 0 Å². The maximum atomic E-state index is 13.2. The minimum Gasteiger partial charge on any atom is -0.458 e. The lowest BCUT2D eigenvalue weighted by molar-refractivity contribution is -0.178. The van der Waals surface area contributed by atoms with Gasteiger partial charge in [0.05, 0.1) is 18.3 Å². The summed E-state index contributed by atoms with van der Waals surface area (Å²) in [4.78, 5) is 37.5. The number of halogens is 1. The van der Waals surface area contributed by atoms with E-state index in [-0.39, 0.29) is 48.2 Å². The third kappa shape index (κ3) is 3.66.